The number of hydrogen-bond donors (Lipinski definition) is 1. The zero-order valence-corrected chi connectivity index (χ0v) is 14.9. The van der Waals surface area contributed by atoms with E-state index in [-0.39, 0.29) is 34.9 Å². The summed E-state index contributed by atoms with van der Waals surface area (Å²) in [6, 6.07) is 6.41. The third-order valence-corrected chi connectivity index (χ3v) is 4.64. The second-order valence-corrected chi connectivity index (χ2v) is 7.88. The highest BCUT2D eigenvalue weighted by Gasteiger charge is 2.32. The van der Waals surface area contributed by atoms with Crippen molar-refractivity contribution in [2.24, 2.45) is 0 Å². The lowest BCUT2D eigenvalue weighted by molar-refractivity contribution is -0.137. The van der Waals surface area contributed by atoms with Gasteiger partial charge in [-0.2, -0.15) is 13.2 Å². The summed E-state index contributed by atoms with van der Waals surface area (Å²) in [6.07, 6.45) is -3.31. The molecule has 0 aliphatic rings. The number of aromatic nitrogens is 1. The van der Waals surface area contributed by atoms with Crippen LogP contribution >= 0.6 is 0 Å². The molecule has 26 heavy (non-hydrogen) atoms. The summed E-state index contributed by atoms with van der Waals surface area (Å²) >= 11 is 0. The Balaban J connectivity index is 2.52. The maximum absolute atomic E-state index is 13.0. The van der Waals surface area contributed by atoms with Crippen molar-refractivity contribution in [3.8, 4) is 17.0 Å². The van der Waals surface area contributed by atoms with Crippen molar-refractivity contribution >= 4 is 9.84 Å². The molecule has 1 aromatic carbocycles. The fourth-order valence-corrected chi connectivity index (χ4v) is 2.82. The molecule has 0 aliphatic carbocycles. The van der Waals surface area contributed by atoms with Gasteiger partial charge in [0.25, 0.3) is 0 Å². The van der Waals surface area contributed by atoms with E-state index in [1.807, 2.05) is 0 Å². The maximum Gasteiger partial charge on any atom is 0.417 e. The van der Waals surface area contributed by atoms with Gasteiger partial charge < -0.3 is 9.84 Å². The molecule has 0 unspecified atom stereocenters. The number of hydrogen-bond acceptors (Lipinski definition) is 5. The van der Waals surface area contributed by atoms with Gasteiger partial charge in [-0.05, 0) is 30.7 Å². The highest BCUT2D eigenvalue weighted by molar-refractivity contribution is 7.90. The van der Waals surface area contributed by atoms with Crippen LogP contribution in [-0.4, -0.2) is 37.5 Å². The molecule has 0 spiro atoms. The number of halogens is 3. The van der Waals surface area contributed by atoms with Gasteiger partial charge in [-0.15, -0.1) is 0 Å². The van der Waals surface area contributed by atoms with E-state index in [0.29, 0.717) is 6.20 Å². The van der Waals surface area contributed by atoms with Gasteiger partial charge in [-0.3, -0.25) is 0 Å². The number of nitrogens with zero attached hydrogens (tertiary/aromatic N) is 1. The Bertz CT molecular complexity index is 880. The van der Waals surface area contributed by atoms with E-state index < -0.39 is 27.7 Å². The lowest BCUT2D eigenvalue weighted by Gasteiger charge is -2.14. The standard InChI is InChI=1S/C17H18F3NO4S/c1-11(22)6-7-25-16-15(9-13(10-21-16)17(18,19)20)12-4-3-5-14(8-12)26(2,23)24/h3-5,8-11,22H,6-7H2,1-2H3/t11-/m0/s1. The first-order chi connectivity index (χ1) is 12.0. The Kier molecular flexibility index (Phi) is 5.92. The number of alkyl halides is 3. The number of benzene rings is 1. The van der Waals surface area contributed by atoms with Gasteiger partial charge >= 0.3 is 6.18 Å². The minimum atomic E-state index is -4.60. The molecule has 0 radical (unpaired) electrons. The molecular formula is C17H18F3NO4S. The molecule has 5 nitrogen and oxygen atoms in total. The number of rotatable bonds is 6. The first-order valence-corrected chi connectivity index (χ1v) is 9.56. The van der Waals surface area contributed by atoms with E-state index in [0.717, 1.165) is 12.3 Å². The molecule has 0 bridgehead atoms. The monoisotopic (exact) mass is 389 g/mol. The zero-order chi connectivity index (χ0) is 19.5. The number of aliphatic hydroxyl groups is 1. The summed E-state index contributed by atoms with van der Waals surface area (Å²) in [5, 5.41) is 9.28. The van der Waals surface area contributed by atoms with Gasteiger partial charge in [0.15, 0.2) is 9.84 Å². The minimum absolute atomic E-state index is 0.0240. The summed E-state index contributed by atoms with van der Waals surface area (Å²) < 4.78 is 67.9. The Hall–Kier alpha value is -2.13. The third-order valence-electron chi connectivity index (χ3n) is 3.53. The average molecular weight is 389 g/mol. The minimum Gasteiger partial charge on any atom is -0.477 e. The highest BCUT2D eigenvalue weighted by atomic mass is 32.2. The maximum atomic E-state index is 13.0. The van der Waals surface area contributed by atoms with Crippen LogP contribution in [-0.2, 0) is 16.0 Å². The van der Waals surface area contributed by atoms with Crippen LogP contribution < -0.4 is 4.74 Å². The second kappa shape index (κ2) is 7.63. The van der Waals surface area contributed by atoms with E-state index in [9.17, 15) is 26.7 Å². The summed E-state index contributed by atoms with van der Waals surface area (Å²) in [6.45, 7) is 1.61. The average Bonchev–Trinajstić information content (AvgIpc) is 2.53. The molecule has 1 atom stereocenters. The molecule has 0 fully saturated rings. The van der Waals surface area contributed by atoms with Crippen molar-refractivity contribution in [3.63, 3.8) is 0 Å². The van der Waals surface area contributed by atoms with Crippen LogP contribution in [0, 0.1) is 0 Å². The van der Waals surface area contributed by atoms with Crippen LogP contribution in [0.1, 0.15) is 18.9 Å². The van der Waals surface area contributed by atoms with Gasteiger partial charge in [0.05, 0.1) is 23.2 Å². The molecule has 9 heteroatoms. The van der Waals surface area contributed by atoms with E-state index in [1.165, 1.54) is 24.3 Å². The SMILES string of the molecule is C[C@H](O)CCOc1ncc(C(F)(F)F)cc1-c1cccc(S(C)(=O)=O)c1. The van der Waals surface area contributed by atoms with Crippen LogP contribution in [0.4, 0.5) is 13.2 Å². The van der Waals surface area contributed by atoms with Gasteiger partial charge in [-0.1, -0.05) is 12.1 Å². The smallest absolute Gasteiger partial charge is 0.417 e. The fourth-order valence-electron chi connectivity index (χ4n) is 2.15. The van der Waals surface area contributed by atoms with E-state index in [2.05, 4.69) is 4.98 Å². The lowest BCUT2D eigenvalue weighted by atomic mass is 10.1. The first kappa shape index (κ1) is 20.2. The summed E-state index contributed by atoms with van der Waals surface area (Å²) in [5.41, 5.74) is -0.713. The molecule has 0 aliphatic heterocycles. The normalized spacial score (nSPS) is 13.5. The van der Waals surface area contributed by atoms with Crippen molar-refractivity contribution in [3.05, 3.63) is 42.1 Å². The van der Waals surface area contributed by atoms with Crippen LogP contribution in [0.5, 0.6) is 5.88 Å². The van der Waals surface area contributed by atoms with Crippen molar-refractivity contribution in [2.45, 2.75) is 30.5 Å². The number of sulfone groups is 1. The molecule has 0 saturated carbocycles. The first-order valence-electron chi connectivity index (χ1n) is 7.67. The highest BCUT2D eigenvalue weighted by Crippen LogP contribution is 2.36. The molecule has 0 amide bonds. The Morgan fingerprint density at radius 2 is 1.96 bits per heavy atom. The Morgan fingerprint density at radius 1 is 1.27 bits per heavy atom. The molecule has 1 heterocycles. The molecule has 1 N–H and O–H groups in total. The van der Waals surface area contributed by atoms with Crippen molar-refractivity contribution in [2.75, 3.05) is 12.9 Å². The van der Waals surface area contributed by atoms with Crippen molar-refractivity contribution in [1.29, 1.82) is 0 Å². The van der Waals surface area contributed by atoms with Crippen molar-refractivity contribution < 1.29 is 31.4 Å². The van der Waals surface area contributed by atoms with Gasteiger partial charge in [0.1, 0.15) is 0 Å². The van der Waals surface area contributed by atoms with E-state index >= 15 is 0 Å². The van der Waals surface area contributed by atoms with Crippen LogP contribution in [0.25, 0.3) is 11.1 Å². The summed E-state index contributed by atoms with van der Waals surface area (Å²) in [5.74, 6) is -0.0655. The second-order valence-electron chi connectivity index (χ2n) is 5.86. The van der Waals surface area contributed by atoms with E-state index in [4.69, 9.17) is 4.74 Å². The third kappa shape index (κ3) is 5.18. The molecule has 142 valence electrons. The Labute approximate surface area is 149 Å². The largest absolute Gasteiger partial charge is 0.477 e. The lowest BCUT2D eigenvalue weighted by Crippen LogP contribution is -2.10. The molecule has 2 rings (SSSR count). The van der Waals surface area contributed by atoms with Gasteiger partial charge in [-0.25, -0.2) is 13.4 Å². The number of aliphatic hydroxyl groups excluding tert-OH is 1. The molecule has 2 aromatic rings. The predicted octanol–water partition coefficient (Wildman–Crippen LogP) is 3.32. The van der Waals surface area contributed by atoms with Crippen LogP contribution in [0.3, 0.4) is 0 Å². The molecular weight excluding hydrogens is 371 g/mol. The topological polar surface area (TPSA) is 76.5 Å². The quantitative estimate of drug-likeness (QED) is 0.820. The molecule has 1 aromatic heterocycles. The van der Waals surface area contributed by atoms with Gasteiger partial charge in [0, 0.05) is 24.4 Å². The predicted molar refractivity (Wildman–Crippen MR) is 89.6 cm³/mol. The fraction of sp³-hybridized carbons (Fsp3) is 0.353. The Morgan fingerprint density at radius 3 is 2.54 bits per heavy atom. The number of ether oxygens (including phenoxy) is 1. The van der Waals surface area contributed by atoms with Crippen LogP contribution in [0.2, 0.25) is 0 Å². The number of pyridine rings is 1. The summed E-state index contributed by atoms with van der Waals surface area (Å²) in [7, 11) is -3.53. The molecule has 0 saturated heterocycles. The summed E-state index contributed by atoms with van der Waals surface area (Å²) in [4.78, 5) is 3.71. The van der Waals surface area contributed by atoms with Gasteiger partial charge in [0.2, 0.25) is 5.88 Å². The van der Waals surface area contributed by atoms with E-state index in [1.54, 1.807) is 6.92 Å². The van der Waals surface area contributed by atoms with Crippen molar-refractivity contribution in [1.82, 2.24) is 4.98 Å². The zero-order valence-electron chi connectivity index (χ0n) is 14.1. The van der Waals surface area contributed by atoms with Crippen LogP contribution in [0.15, 0.2) is 41.4 Å².